The Kier molecular flexibility index (Phi) is 4.55. The molecule has 2 heterocycles. The van der Waals surface area contributed by atoms with E-state index in [1.807, 2.05) is 0 Å². The van der Waals surface area contributed by atoms with Crippen LogP contribution in [-0.4, -0.2) is 44.2 Å². The van der Waals surface area contributed by atoms with Gasteiger partial charge in [-0.25, -0.2) is 13.2 Å². The van der Waals surface area contributed by atoms with Gasteiger partial charge in [0.25, 0.3) is 5.91 Å². The molecular formula is C19H17ClN2O5S. The van der Waals surface area contributed by atoms with Crippen LogP contribution in [0.5, 0.6) is 5.75 Å². The lowest BCUT2D eigenvalue weighted by Crippen LogP contribution is -2.47. The van der Waals surface area contributed by atoms with Crippen molar-refractivity contribution in [3.63, 3.8) is 0 Å². The van der Waals surface area contributed by atoms with E-state index >= 15 is 0 Å². The number of urea groups is 1. The van der Waals surface area contributed by atoms with Crippen molar-refractivity contribution in [2.45, 2.75) is 16.9 Å². The first-order valence-corrected chi connectivity index (χ1v) is 10.7. The smallest absolute Gasteiger partial charge is 0.325 e. The fourth-order valence-corrected chi connectivity index (χ4v) is 4.88. The Hall–Kier alpha value is -2.58. The molecule has 7 nitrogen and oxygen atoms in total. The number of carbonyl (C=O) groups is 2. The Morgan fingerprint density at radius 2 is 1.82 bits per heavy atom. The zero-order chi connectivity index (χ0) is 19.9. The molecule has 9 heteroatoms. The minimum Gasteiger partial charge on any atom is -0.493 e. The standard InChI is InChI=1S/C19H17ClN2O5S/c20-13-5-7-14(8-6-13)28(25,26)12-10-22-17(23)19(21-18(22)24)9-11-27-16-4-2-1-3-15(16)19/h1-8H,9-12H2,(H,21,24). The number of nitrogens with zero attached hydrogens (tertiary/aromatic N) is 1. The fourth-order valence-electron chi connectivity index (χ4n) is 3.55. The summed E-state index contributed by atoms with van der Waals surface area (Å²) in [5, 5.41) is 3.18. The second kappa shape index (κ2) is 6.79. The number of benzene rings is 2. The number of ether oxygens (including phenoxy) is 1. The van der Waals surface area contributed by atoms with E-state index in [1.54, 1.807) is 24.3 Å². The third-order valence-corrected chi connectivity index (χ3v) is 6.98. The second-order valence-electron chi connectivity index (χ2n) is 6.66. The maximum atomic E-state index is 13.1. The van der Waals surface area contributed by atoms with E-state index in [4.69, 9.17) is 16.3 Å². The predicted molar refractivity (Wildman–Crippen MR) is 102 cm³/mol. The molecule has 2 aromatic rings. The molecule has 146 valence electrons. The van der Waals surface area contributed by atoms with E-state index in [2.05, 4.69) is 5.32 Å². The molecule has 0 aliphatic carbocycles. The Balaban J connectivity index is 1.57. The highest BCUT2D eigenvalue weighted by Gasteiger charge is 2.54. The van der Waals surface area contributed by atoms with Crippen LogP contribution in [0.3, 0.4) is 0 Å². The molecule has 1 spiro atoms. The quantitative estimate of drug-likeness (QED) is 0.766. The van der Waals surface area contributed by atoms with Gasteiger partial charge in [0.15, 0.2) is 15.4 Å². The van der Waals surface area contributed by atoms with Crippen LogP contribution in [0, 0.1) is 0 Å². The molecule has 1 atom stereocenters. The van der Waals surface area contributed by atoms with E-state index in [9.17, 15) is 18.0 Å². The molecule has 2 aliphatic rings. The summed E-state index contributed by atoms with van der Waals surface area (Å²) in [7, 11) is -3.67. The molecular weight excluding hydrogens is 404 g/mol. The van der Waals surface area contributed by atoms with Gasteiger partial charge in [-0.05, 0) is 30.3 Å². The lowest BCUT2D eigenvalue weighted by molar-refractivity contribution is -0.132. The van der Waals surface area contributed by atoms with Gasteiger partial charge >= 0.3 is 6.03 Å². The molecule has 1 N–H and O–H groups in total. The molecule has 1 unspecified atom stereocenters. The number of sulfone groups is 1. The summed E-state index contributed by atoms with van der Waals surface area (Å²) in [6, 6.07) is 12.2. The largest absolute Gasteiger partial charge is 0.493 e. The van der Waals surface area contributed by atoms with Crippen molar-refractivity contribution in [1.29, 1.82) is 0 Å². The summed E-state index contributed by atoms with van der Waals surface area (Å²) in [6.07, 6.45) is 0.287. The number of imide groups is 1. The normalized spacial score (nSPS) is 21.4. The van der Waals surface area contributed by atoms with Gasteiger partial charge in [-0.3, -0.25) is 9.69 Å². The molecule has 1 saturated heterocycles. The van der Waals surface area contributed by atoms with Crippen molar-refractivity contribution in [1.82, 2.24) is 10.2 Å². The monoisotopic (exact) mass is 420 g/mol. The van der Waals surface area contributed by atoms with Crippen molar-refractivity contribution >= 4 is 33.4 Å². The number of amides is 3. The van der Waals surface area contributed by atoms with Gasteiger partial charge in [-0.15, -0.1) is 0 Å². The van der Waals surface area contributed by atoms with Crippen LogP contribution in [0.25, 0.3) is 0 Å². The van der Waals surface area contributed by atoms with Crippen LogP contribution in [0.15, 0.2) is 53.4 Å². The molecule has 0 aromatic heterocycles. The average molecular weight is 421 g/mol. The van der Waals surface area contributed by atoms with Crippen molar-refractivity contribution in [2.24, 2.45) is 0 Å². The Morgan fingerprint density at radius 3 is 2.57 bits per heavy atom. The van der Waals surface area contributed by atoms with Gasteiger partial charge in [0.1, 0.15) is 5.75 Å². The lowest BCUT2D eigenvalue weighted by Gasteiger charge is -2.33. The molecule has 0 saturated carbocycles. The Morgan fingerprint density at radius 1 is 1.11 bits per heavy atom. The Labute approximate surface area is 167 Å². The third-order valence-electron chi connectivity index (χ3n) is 5.01. The van der Waals surface area contributed by atoms with Crippen LogP contribution in [-0.2, 0) is 20.2 Å². The average Bonchev–Trinajstić information content (AvgIpc) is 2.91. The van der Waals surface area contributed by atoms with Crippen LogP contribution in [0.4, 0.5) is 4.79 Å². The maximum Gasteiger partial charge on any atom is 0.325 e. The molecule has 1 fully saturated rings. The highest BCUT2D eigenvalue weighted by atomic mass is 35.5. The van der Waals surface area contributed by atoms with Crippen LogP contribution >= 0.6 is 11.6 Å². The second-order valence-corrected chi connectivity index (χ2v) is 9.21. The van der Waals surface area contributed by atoms with Gasteiger partial charge < -0.3 is 10.1 Å². The number of para-hydroxylation sites is 1. The van der Waals surface area contributed by atoms with Gasteiger partial charge in [0.2, 0.25) is 0 Å². The zero-order valence-corrected chi connectivity index (χ0v) is 16.3. The van der Waals surface area contributed by atoms with Crippen molar-refractivity contribution < 1.29 is 22.7 Å². The third kappa shape index (κ3) is 3.02. The van der Waals surface area contributed by atoms with E-state index < -0.39 is 27.3 Å². The summed E-state index contributed by atoms with van der Waals surface area (Å²) < 4.78 is 30.7. The zero-order valence-electron chi connectivity index (χ0n) is 14.7. The number of hydrogen-bond donors (Lipinski definition) is 1. The lowest BCUT2D eigenvalue weighted by atomic mass is 9.84. The summed E-state index contributed by atoms with van der Waals surface area (Å²) in [6.45, 7) is 0.0420. The van der Waals surface area contributed by atoms with Crippen molar-refractivity contribution in [2.75, 3.05) is 18.9 Å². The first-order chi connectivity index (χ1) is 13.3. The van der Waals surface area contributed by atoms with Crippen molar-refractivity contribution in [3.8, 4) is 5.75 Å². The van der Waals surface area contributed by atoms with Crippen LogP contribution < -0.4 is 10.1 Å². The number of halogens is 1. The SMILES string of the molecule is O=C1NC2(CCOc3ccccc32)C(=O)N1CCS(=O)(=O)c1ccc(Cl)cc1. The first kappa shape index (κ1) is 18.8. The summed E-state index contributed by atoms with van der Waals surface area (Å²) in [5.74, 6) is -0.292. The molecule has 0 radical (unpaired) electrons. The molecule has 0 bridgehead atoms. The topological polar surface area (TPSA) is 92.8 Å². The van der Waals surface area contributed by atoms with E-state index in [0.717, 1.165) is 4.90 Å². The number of rotatable bonds is 4. The molecule has 28 heavy (non-hydrogen) atoms. The molecule has 2 aromatic carbocycles. The molecule has 3 amide bonds. The minimum atomic E-state index is -3.67. The highest BCUT2D eigenvalue weighted by molar-refractivity contribution is 7.91. The number of hydrogen-bond acceptors (Lipinski definition) is 5. The predicted octanol–water partition coefficient (Wildman–Crippen LogP) is 2.34. The van der Waals surface area contributed by atoms with Crippen LogP contribution in [0.1, 0.15) is 12.0 Å². The van der Waals surface area contributed by atoms with E-state index in [-0.39, 0.29) is 30.2 Å². The summed E-state index contributed by atoms with van der Waals surface area (Å²) in [4.78, 5) is 26.7. The van der Waals surface area contributed by atoms with Crippen molar-refractivity contribution in [3.05, 3.63) is 59.1 Å². The number of carbonyl (C=O) groups excluding carboxylic acids is 2. The summed E-state index contributed by atoms with van der Waals surface area (Å²) in [5.41, 5.74) is -0.627. The fraction of sp³-hybridized carbons (Fsp3) is 0.263. The highest BCUT2D eigenvalue weighted by Crippen LogP contribution is 2.40. The van der Waals surface area contributed by atoms with Gasteiger partial charge in [-0.2, -0.15) is 0 Å². The number of fused-ring (bicyclic) bond motifs is 2. The molecule has 4 rings (SSSR count). The van der Waals surface area contributed by atoms with E-state index in [0.29, 0.717) is 16.3 Å². The summed E-state index contributed by atoms with van der Waals surface area (Å²) >= 11 is 5.79. The van der Waals surface area contributed by atoms with E-state index in [1.165, 1.54) is 24.3 Å². The minimum absolute atomic E-state index is 0.0927. The first-order valence-electron chi connectivity index (χ1n) is 8.68. The van der Waals surface area contributed by atoms with Gasteiger partial charge in [-0.1, -0.05) is 29.8 Å². The Bertz CT molecular complexity index is 1050. The molecule has 2 aliphatic heterocycles. The van der Waals surface area contributed by atoms with Gasteiger partial charge in [0, 0.05) is 23.6 Å². The van der Waals surface area contributed by atoms with Gasteiger partial charge in [0.05, 0.1) is 17.3 Å². The maximum absolute atomic E-state index is 13.1. The van der Waals surface area contributed by atoms with Crippen LogP contribution in [0.2, 0.25) is 5.02 Å². The number of nitrogens with one attached hydrogen (secondary N) is 1.